The summed E-state index contributed by atoms with van der Waals surface area (Å²) in [6.45, 7) is 7.36. The molecule has 2 rings (SSSR count). The van der Waals surface area contributed by atoms with Gasteiger partial charge in [0.25, 0.3) is 5.91 Å². The van der Waals surface area contributed by atoms with Crippen LogP contribution in [0.3, 0.4) is 0 Å². The molecule has 0 aliphatic rings. The lowest BCUT2D eigenvalue weighted by Gasteiger charge is -2.19. The zero-order valence-corrected chi connectivity index (χ0v) is 17.6. The van der Waals surface area contributed by atoms with Crippen molar-refractivity contribution in [3.63, 3.8) is 0 Å². The standard InChI is InChI=1S/C20H21BrN2O4S/c1-3-13-23(14-4-2)28(25,26)19-11-7-17(8-12-19)22-20(24)15-27-18-9-5-16(21)6-10-18/h3-12H,1-2,13-15H2,(H,22,24). The molecule has 1 N–H and O–H groups in total. The van der Waals surface area contributed by atoms with Gasteiger partial charge in [-0.05, 0) is 48.5 Å². The molecule has 2 aromatic carbocycles. The van der Waals surface area contributed by atoms with Gasteiger partial charge in [0.2, 0.25) is 10.0 Å². The maximum Gasteiger partial charge on any atom is 0.262 e. The van der Waals surface area contributed by atoms with Crippen molar-refractivity contribution in [3.05, 3.63) is 78.3 Å². The van der Waals surface area contributed by atoms with Crippen LogP contribution in [0.15, 0.2) is 83.2 Å². The molecular weight excluding hydrogens is 444 g/mol. The van der Waals surface area contributed by atoms with Crippen LogP contribution in [-0.2, 0) is 14.8 Å². The topological polar surface area (TPSA) is 75.7 Å². The Morgan fingerprint density at radius 3 is 2.14 bits per heavy atom. The van der Waals surface area contributed by atoms with Gasteiger partial charge in [0.05, 0.1) is 4.90 Å². The number of sulfonamides is 1. The highest BCUT2D eigenvalue weighted by Crippen LogP contribution is 2.19. The van der Waals surface area contributed by atoms with Crippen LogP contribution in [0.4, 0.5) is 5.69 Å². The second-order valence-corrected chi connectivity index (χ2v) is 8.57. The van der Waals surface area contributed by atoms with E-state index in [-0.39, 0.29) is 30.5 Å². The van der Waals surface area contributed by atoms with E-state index in [4.69, 9.17) is 4.74 Å². The van der Waals surface area contributed by atoms with Crippen molar-refractivity contribution in [2.24, 2.45) is 0 Å². The Labute approximate surface area is 173 Å². The molecule has 0 saturated heterocycles. The minimum absolute atomic E-state index is 0.125. The first kappa shape index (κ1) is 21.9. The van der Waals surface area contributed by atoms with Crippen LogP contribution in [0.25, 0.3) is 0 Å². The number of benzene rings is 2. The van der Waals surface area contributed by atoms with Crippen LogP contribution >= 0.6 is 15.9 Å². The van der Waals surface area contributed by atoms with Crippen LogP contribution in [0.2, 0.25) is 0 Å². The van der Waals surface area contributed by atoms with E-state index < -0.39 is 10.0 Å². The lowest BCUT2D eigenvalue weighted by Crippen LogP contribution is -2.31. The van der Waals surface area contributed by atoms with Crippen molar-refractivity contribution in [2.75, 3.05) is 25.0 Å². The Kier molecular flexibility index (Phi) is 7.98. The third-order valence-corrected chi connectivity index (χ3v) is 6.00. The lowest BCUT2D eigenvalue weighted by atomic mass is 10.3. The first-order valence-electron chi connectivity index (χ1n) is 8.37. The van der Waals surface area contributed by atoms with Gasteiger partial charge in [-0.3, -0.25) is 4.79 Å². The molecule has 0 atom stereocenters. The van der Waals surface area contributed by atoms with Crippen LogP contribution in [0, 0.1) is 0 Å². The highest BCUT2D eigenvalue weighted by atomic mass is 79.9. The quantitative estimate of drug-likeness (QED) is 0.542. The van der Waals surface area contributed by atoms with Crippen LogP contribution in [0.1, 0.15) is 0 Å². The summed E-state index contributed by atoms with van der Waals surface area (Å²) in [5, 5.41) is 2.67. The highest BCUT2D eigenvalue weighted by Gasteiger charge is 2.22. The van der Waals surface area contributed by atoms with E-state index in [1.54, 1.807) is 12.1 Å². The normalized spacial score (nSPS) is 11.1. The molecule has 6 nitrogen and oxygen atoms in total. The Morgan fingerprint density at radius 2 is 1.61 bits per heavy atom. The highest BCUT2D eigenvalue weighted by molar-refractivity contribution is 9.10. The largest absolute Gasteiger partial charge is 0.484 e. The second kappa shape index (κ2) is 10.2. The summed E-state index contributed by atoms with van der Waals surface area (Å²) in [7, 11) is -3.67. The Morgan fingerprint density at radius 1 is 1.04 bits per heavy atom. The van der Waals surface area contributed by atoms with Gasteiger partial charge in [0.1, 0.15) is 5.75 Å². The van der Waals surface area contributed by atoms with Crippen LogP contribution in [-0.4, -0.2) is 38.3 Å². The first-order chi connectivity index (χ1) is 13.4. The van der Waals surface area contributed by atoms with Gasteiger partial charge in [-0.15, -0.1) is 13.2 Å². The Balaban J connectivity index is 1.99. The van der Waals surface area contributed by atoms with E-state index in [0.717, 1.165) is 4.47 Å². The van der Waals surface area contributed by atoms with E-state index in [0.29, 0.717) is 11.4 Å². The third-order valence-electron chi connectivity index (χ3n) is 3.62. The van der Waals surface area contributed by atoms with Gasteiger partial charge in [0, 0.05) is 23.2 Å². The van der Waals surface area contributed by atoms with Crippen molar-refractivity contribution >= 4 is 37.5 Å². The number of halogens is 1. The van der Waals surface area contributed by atoms with Gasteiger partial charge in [0.15, 0.2) is 6.61 Å². The average Bonchev–Trinajstić information content (AvgIpc) is 2.68. The molecule has 28 heavy (non-hydrogen) atoms. The predicted octanol–water partition coefficient (Wildman–Crippen LogP) is 3.83. The zero-order valence-electron chi connectivity index (χ0n) is 15.2. The molecule has 0 aromatic heterocycles. The maximum atomic E-state index is 12.6. The molecule has 0 saturated carbocycles. The summed E-state index contributed by atoms with van der Waals surface area (Å²) in [5.41, 5.74) is 0.474. The summed E-state index contributed by atoms with van der Waals surface area (Å²) in [5.74, 6) is 0.225. The number of rotatable bonds is 10. The van der Waals surface area contributed by atoms with E-state index in [9.17, 15) is 13.2 Å². The molecule has 1 amide bonds. The third kappa shape index (κ3) is 6.05. The molecule has 0 bridgehead atoms. The molecule has 0 unspecified atom stereocenters. The van der Waals surface area contributed by atoms with Crippen molar-refractivity contribution < 1.29 is 17.9 Å². The molecule has 148 valence electrons. The van der Waals surface area contributed by atoms with E-state index >= 15 is 0 Å². The number of hydrogen-bond acceptors (Lipinski definition) is 4. The summed E-state index contributed by atoms with van der Waals surface area (Å²) >= 11 is 3.33. The molecule has 2 aromatic rings. The summed E-state index contributed by atoms with van der Waals surface area (Å²) < 4.78 is 32.9. The smallest absolute Gasteiger partial charge is 0.262 e. The van der Waals surface area contributed by atoms with Crippen molar-refractivity contribution in [3.8, 4) is 5.75 Å². The predicted molar refractivity (Wildman–Crippen MR) is 114 cm³/mol. The molecule has 0 heterocycles. The zero-order chi connectivity index (χ0) is 20.6. The van der Waals surface area contributed by atoms with E-state index in [2.05, 4.69) is 34.4 Å². The molecule has 0 radical (unpaired) electrons. The second-order valence-electron chi connectivity index (χ2n) is 5.71. The number of nitrogens with one attached hydrogen (secondary N) is 1. The number of amides is 1. The van der Waals surface area contributed by atoms with E-state index in [1.165, 1.54) is 40.7 Å². The number of nitrogens with zero attached hydrogens (tertiary/aromatic N) is 1. The number of anilines is 1. The maximum absolute atomic E-state index is 12.6. The fourth-order valence-electron chi connectivity index (χ4n) is 2.29. The molecule has 0 aliphatic heterocycles. The molecule has 0 spiro atoms. The van der Waals surface area contributed by atoms with Gasteiger partial charge >= 0.3 is 0 Å². The summed E-state index contributed by atoms with van der Waals surface area (Å²) in [4.78, 5) is 12.1. The summed E-state index contributed by atoms with van der Waals surface area (Å²) in [6.07, 6.45) is 3.03. The fourth-order valence-corrected chi connectivity index (χ4v) is 3.94. The fraction of sp³-hybridized carbons (Fsp3) is 0.150. The number of carbonyl (C=O) groups excluding carboxylic acids is 1. The van der Waals surface area contributed by atoms with Gasteiger partial charge in [-0.1, -0.05) is 28.1 Å². The molecule has 0 aliphatic carbocycles. The van der Waals surface area contributed by atoms with Crippen molar-refractivity contribution in [1.29, 1.82) is 0 Å². The number of hydrogen-bond donors (Lipinski definition) is 1. The average molecular weight is 465 g/mol. The Bertz CT molecular complexity index is 916. The number of carbonyl (C=O) groups is 1. The Hall–Kier alpha value is -2.42. The van der Waals surface area contributed by atoms with Crippen LogP contribution < -0.4 is 10.1 Å². The van der Waals surface area contributed by atoms with Gasteiger partial charge < -0.3 is 10.1 Å². The van der Waals surface area contributed by atoms with Crippen LogP contribution in [0.5, 0.6) is 5.75 Å². The first-order valence-corrected chi connectivity index (χ1v) is 10.6. The summed E-state index contributed by atoms with van der Waals surface area (Å²) in [6, 6.07) is 13.1. The number of ether oxygens (including phenoxy) is 1. The SMILES string of the molecule is C=CCN(CC=C)S(=O)(=O)c1ccc(NC(=O)COc2ccc(Br)cc2)cc1. The molecule has 8 heteroatoms. The monoisotopic (exact) mass is 464 g/mol. The van der Waals surface area contributed by atoms with E-state index in [1.807, 2.05) is 12.1 Å². The van der Waals surface area contributed by atoms with Gasteiger partial charge in [-0.25, -0.2) is 8.42 Å². The lowest BCUT2D eigenvalue weighted by molar-refractivity contribution is -0.118. The molecular formula is C20H21BrN2O4S. The van der Waals surface area contributed by atoms with Crippen molar-refractivity contribution in [2.45, 2.75) is 4.90 Å². The van der Waals surface area contributed by atoms with Gasteiger partial charge in [-0.2, -0.15) is 4.31 Å². The minimum atomic E-state index is -3.67. The minimum Gasteiger partial charge on any atom is -0.484 e. The van der Waals surface area contributed by atoms with Crippen molar-refractivity contribution in [1.82, 2.24) is 4.31 Å². The molecule has 0 fully saturated rings.